The second-order valence-corrected chi connectivity index (χ2v) is 15.5. The molecule has 0 spiro atoms. The first-order valence-electron chi connectivity index (χ1n) is 22.9. The summed E-state index contributed by atoms with van der Waals surface area (Å²) in [6.07, 6.45) is 37.3. The zero-order valence-corrected chi connectivity index (χ0v) is 37.0. The molecule has 0 radical (unpaired) electrons. The van der Waals surface area contributed by atoms with E-state index in [0.29, 0.717) is 0 Å². The van der Waals surface area contributed by atoms with E-state index < -0.39 is 0 Å². The van der Waals surface area contributed by atoms with Gasteiger partial charge in [0.25, 0.3) is 0 Å². The normalized spacial score (nSPS) is 11.4. The molecule has 0 aliphatic carbocycles. The van der Waals surface area contributed by atoms with Crippen LogP contribution >= 0.6 is 0 Å². The van der Waals surface area contributed by atoms with Gasteiger partial charge >= 0.3 is 0 Å². The van der Waals surface area contributed by atoms with E-state index in [0.717, 1.165) is 87.0 Å². The number of hydrogen-bond acceptors (Lipinski definition) is 2. The van der Waals surface area contributed by atoms with Crippen molar-refractivity contribution in [3.8, 4) is 23.7 Å². The Labute approximate surface area is 351 Å². The van der Waals surface area contributed by atoms with E-state index in [-0.39, 0.29) is 16.5 Å². The summed E-state index contributed by atoms with van der Waals surface area (Å²) in [6, 6.07) is 17.4. The SMILES string of the molecule is CCCCCCCCCCCC#CCCCc1ccccc1/N=C(C)\C(CCCCC)=N\c1ccccc1CCCC#CCCCCCCCCCCC.[Ni]. The number of unbranched alkanes of at least 4 members (excludes halogenated alkanes) is 22. The molecule has 0 unspecified atom stereocenters. The van der Waals surface area contributed by atoms with E-state index in [1.165, 1.54) is 140 Å². The van der Waals surface area contributed by atoms with Gasteiger partial charge in [-0.05, 0) is 81.5 Å². The predicted molar refractivity (Wildman–Crippen MR) is 242 cm³/mol. The van der Waals surface area contributed by atoms with Gasteiger partial charge in [0.15, 0.2) is 0 Å². The molecule has 0 N–H and O–H groups in total. The first-order chi connectivity index (χ1) is 26.7. The average molecular weight is 792 g/mol. The molecule has 0 fully saturated rings. The molecule has 308 valence electrons. The van der Waals surface area contributed by atoms with Crippen molar-refractivity contribution in [1.29, 1.82) is 0 Å². The van der Waals surface area contributed by atoms with Crippen LogP contribution in [0.1, 0.15) is 219 Å². The van der Waals surface area contributed by atoms with Crippen molar-refractivity contribution in [1.82, 2.24) is 0 Å². The Morgan fingerprint density at radius 3 is 1.20 bits per heavy atom. The van der Waals surface area contributed by atoms with Crippen LogP contribution in [0.25, 0.3) is 0 Å². The summed E-state index contributed by atoms with van der Waals surface area (Å²) in [5, 5.41) is 0. The maximum atomic E-state index is 5.31. The van der Waals surface area contributed by atoms with E-state index in [2.05, 4.69) is 99.9 Å². The summed E-state index contributed by atoms with van der Waals surface area (Å²) in [4.78, 5) is 10.5. The van der Waals surface area contributed by atoms with Crippen LogP contribution in [0.15, 0.2) is 58.5 Å². The van der Waals surface area contributed by atoms with Gasteiger partial charge < -0.3 is 0 Å². The van der Waals surface area contributed by atoms with Crippen molar-refractivity contribution in [2.24, 2.45) is 9.98 Å². The fourth-order valence-corrected chi connectivity index (χ4v) is 7.05. The van der Waals surface area contributed by atoms with Crippen LogP contribution in [0.3, 0.4) is 0 Å². The smallest absolute Gasteiger partial charge is 0.0665 e. The van der Waals surface area contributed by atoms with Crippen molar-refractivity contribution in [3.05, 3.63) is 59.7 Å². The second kappa shape index (κ2) is 37.0. The Bertz CT molecular complexity index is 1400. The maximum Gasteiger partial charge on any atom is 0.0665 e. The Balaban J connectivity index is 0.0000151. The standard InChI is InChI=1S/C52H80N2.Ni/c1-5-8-11-13-15-17-19-21-23-25-27-29-31-34-40-48-42-36-38-45-51(48)53-47(4)50(44-33-10-7-3)54-52-46-39-37-43-49(52)41-35-32-30-28-26-24-22-20-18-16-14-12-9-6-2;/h36-39,42-43,45-46H,5-26,31-35,40-41,44H2,1-4H3;/b53-47-,54-50+;. The fourth-order valence-electron chi connectivity index (χ4n) is 7.05. The van der Waals surface area contributed by atoms with Gasteiger partial charge in [0.1, 0.15) is 0 Å². The van der Waals surface area contributed by atoms with Crippen LogP contribution < -0.4 is 0 Å². The number of nitrogens with zero attached hydrogens (tertiary/aromatic N) is 2. The third kappa shape index (κ3) is 26.8. The van der Waals surface area contributed by atoms with Gasteiger partial charge in [-0.25, -0.2) is 0 Å². The molecule has 2 nitrogen and oxygen atoms in total. The largest absolute Gasteiger partial charge is 0.252 e. The molecule has 0 atom stereocenters. The van der Waals surface area contributed by atoms with Gasteiger partial charge in [0.2, 0.25) is 0 Å². The first kappa shape index (κ1) is 50.4. The molecule has 2 aromatic carbocycles. The van der Waals surface area contributed by atoms with E-state index in [1.807, 2.05) is 0 Å². The first-order valence-corrected chi connectivity index (χ1v) is 22.9. The number of aryl methyl sites for hydroxylation is 2. The van der Waals surface area contributed by atoms with E-state index >= 15 is 0 Å². The minimum absolute atomic E-state index is 0. The summed E-state index contributed by atoms with van der Waals surface area (Å²) in [7, 11) is 0. The average Bonchev–Trinajstić information content (AvgIpc) is 3.19. The maximum absolute atomic E-state index is 5.31. The molecular weight excluding hydrogens is 711 g/mol. The Morgan fingerprint density at radius 2 is 0.764 bits per heavy atom. The summed E-state index contributed by atoms with van der Waals surface area (Å²) < 4.78 is 0. The van der Waals surface area contributed by atoms with E-state index in [1.54, 1.807) is 0 Å². The van der Waals surface area contributed by atoms with Crippen LogP contribution in [0.2, 0.25) is 0 Å². The molecular formula is C52H80N2Ni. The van der Waals surface area contributed by atoms with Gasteiger partial charge in [-0.1, -0.05) is 173 Å². The monoisotopic (exact) mass is 791 g/mol. The fraction of sp³-hybridized carbons (Fsp3) is 0.654. The van der Waals surface area contributed by atoms with Gasteiger partial charge in [-0.15, -0.1) is 23.7 Å². The van der Waals surface area contributed by atoms with Crippen molar-refractivity contribution in [2.75, 3.05) is 0 Å². The molecule has 0 aliphatic heterocycles. The number of hydrogen-bond donors (Lipinski definition) is 0. The van der Waals surface area contributed by atoms with E-state index in [4.69, 9.17) is 9.98 Å². The minimum atomic E-state index is 0. The third-order valence-electron chi connectivity index (χ3n) is 10.5. The van der Waals surface area contributed by atoms with Gasteiger partial charge in [0, 0.05) is 42.2 Å². The summed E-state index contributed by atoms with van der Waals surface area (Å²) in [5.41, 5.74) is 6.96. The van der Waals surface area contributed by atoms with Crippen LogP contribution in [0, 0.1) is 23.7 Å². The summed E-state index contributed by atoms with van der Waals surface area (Å²) in [6.45, 7) is 9.00. The third-order valence-corrected chi connectivity index (χ3v) is 10.5. The minimum Gasteiger partial charge on any atom is -0.252 e. The molecule has 0 amide bonds. The molecule has 0 heterocycles. The van der Waals surface area contributed by atoms with Crippen LogP contribution in [-0.2, 0) is 29.3 Å². The van der Waals surface area contributed by atoms with Crippen LogP contribution in [0.5, 0.6) is 0 Å². The van der Waals surface area contributed by atoms with Gasteiger partial charge in [-0.3, -0.25) is 9.98 Å². The van der Waals surface area contributed by atoms with Gasteiger partial charge in [-0.2, -0.15) is 0 Å². The molecule has 0 aromatic heterocycles. The van der Waals surface area contributed by atoms with Crippen molar-refractivity contribution in [3.63, 3.8) is 0 Å². The molecule has 2 aromatic rings. The van der Waals surface area contributed by atoms with Crippen molar-refractivity contribution in [2.45, 2.75) is 220 Å². The number of para-hydroxylation sites is 2. The molecule has 2 rings (SSSR count). The van der Waals surface area contributed by atoms with Crippen molar-refractivity contribution < 1.29 is 16.5 Å². The van der Waals surface area contributed by atoms with Crippen LogP contribution in [0.4, 0.5) is 11.4 Å². The van der Waals surface area contributed by atoms with Gasteiger partial charge in [0.05, 0.1) is 22.8 Å². The van der Waals surface area contributed by atoms with Crippen LogP contribution in [-0.4, -0.2) is 11.4 Å². The summed E-state index contributed by atoms with van der Waals surface area (Å²) >= 11 is 0. The zero-order valence-electron chi connectivity index (χ0n) is 36.0. The Hall–Kier alpha value is -2.61. The zero-order chi connectivity index (χ0) is 38.6. The number of rotatable bonds is 31. The summed E-state index contributed by atoms with van der Waals surface area (Å²) in [5.74, 6) is 13.8. The predicted octanol–water partition coefficient (Wildman–Crippen LogP) is 16.6. The Morgan fingerprint density at radius 1 is 0.418 bits per heavy atom. The number of benzene rings is 2. The molecule has 3 heteroatoms. The van der Waals surface area contributed by atoms with E-state index in [9.17, 15) is 0 Å². The molecule has 0 bridgehead atoms. The van der Waals surface area contributed by atoms with Crippen molar-refractivity contribution >= 4 is 22.8 Å². The number of aliphatic imine (C=N–C) groups is 2. The second-order valence-electron chi connectivity index (χ2n) is 15.5. The Kier molecular flexibility index (Phi) is 33.9. The molecule has 0 aliphatic rings. The topological polar surface area (TPSA) is 24.7 Å². The molecule has 0 saturated carbocycles. The quantitative estimate of drug-likeness (QED) is 0.0314. The molecule has 55 heavy (non-hydrogen) atoms. The molecule has 0 saturated heterocycles.